The van der Waals surface area contributed by atoms with E-state index in [0.29, 0.717) is 6.42 Å². The standard InChI is InChI=1S/C15H20FN3O/c1-2-19-9-12(8-18-19)7-15(10-17,11-20)13-3-5-14(16)6-4-13/h3-6,8-9,20H,2,7,10-11,17H2,1H3. The number of nitrogens with zero attached hydrogens (tertiary/aromatic N) is 2. The summed E-state index contributed by atoms with van der Waals surface area (Å²) in [4.78, 5) is 0. The van der Waals surface area contributed by atoms with Gasteiger partial charge < -0.3 is 10.8 Å². The van der Waals surface area contributed by atoms with E-state index >= 15 is 0 Å². The number of aliphatic hydroxyl groups is 1. The molecule has 0 aliphatic rings. The fourth-order valence-corrected chi connectivity index (χ4v) is 2.37. The fourth-order valence-electron chi connectivity index (χ4n) is 2.37. The Labute approximate surface area is 118 Å². The van der Waals surface area contributed by atoms with Crippen LogP contribution in [-0.4, -0.2) is 28.0 Å². The molecule has 2 rings (SSSR count). The molecule has 0 bridgehead atoms. The van der Waals surface area contributed by atoms with Crippen molar-refractivity contribution in [3.8, 4) is 0 Å². The van der Waals surface area contributed by atoms with E-state index < -0.39 is 5.41 Å². The monoisotopic (exact) mass is 277 g/mol. The Hall–Kier alpha value is -1.72. The second-order valence-corrected chi connectivity index (χ2v) is 5.03. The molecular formula is C15H20FN3O. The van der Waals surface area contributed by atoms with Crippen molar-refractivity contribution in [3.05, 3.63) is 53.6 Å². The number of hydrogen-bond donors (Lipinski definition) is 2. The molecular weight excluding hydrogens is 257 g/mol. The first-order chi connectivity index (χ1) is 9.63. The Bertz CT molecular complexity index is 547. The number of hydrogen-bond acceptors (Lipinski definition) is 3. The Morgan fingerprint density at radius 2 is 2.05 bits per heavy atom. The lowest BCUT2D eigenvalue weighted by atomic mass is 9.76. The predicted octanol–water partition coefficient (Wildman–Crippen LogP) is 1.47. The van der Waals surface area contributed by atoms with E-state index in [1.807, 2.05) is 17.8 Å². The van der Waals surface area contributed by atoms with Gasteiger partial charge in [-0.15, -0.1) is 0 Å². The number of nitrogens with two attached hydrogens (primary N) is 1. The lowest BCUT2D eigenvalue weighted by molar-refractivity contribution is 0.196. The smallest absolute Gasteiger partial charge is 0.123 e. The number of aliphatic hydroxyl groups excluding tert-OH is 1. The first kappa shape index (κ1) is 14.7. The highest BCUT2D eigenvalue weighted by atomic mass is 19.1. The zero-order valence-electron chi connectivity index (χ0n) is 11.6. The summed E-state index contributed by atoms with van der Waals surface area (Å²) in [7, 11) is 0. The molecule has 20 heavy (non-hydrogen) atoms. The highest BCUT2D eigenvalue weighted by Crippen LogP contribution is 2.27. The first-order valence-electron chi connectivity index (χ1n) is 6.72. The topological polar surface area (TPSA) is 64.1 Å². The second-order valence-electron chi connectivity index (χ2n) is 5.03. The van der Waals surface area contributed by atoms with Crippen molar-refractivity contribution in [2.75, 3.05) is 13.2 Å². The summed E-state index contributed by atoms with van der Waals surface area (Å²) < 4.78 is 14.9. The van der Waals surface area contributed by atoms with Crippen LogP contribution in [0.15, 0.2) is 36.7 Å². The first-order valence-corrected chi connectivity index (χ1v) is 6.72. The third-order valence-electron chi connectivity index (χ3n) is 3.70. The minimum atomic E-state index is -0.602. The molecule has 0 fully saturated rings. The fraction of sp³-hybridized carbons (Fsp3) is 0.400. The lowest BCUT2D eigenvalue weighted by Gasteiger charge is -2.30. The zero-order valence-corrected chi connectivity index (χ0v) is 11.6. The van der Waals surface area contributed by atoms with E-state index in [2.05, 4.69) is 5.10 Å². The van der Waals surface area contributed by atoms with Crippen molar-refractivity contribution in [1.82, 2.24) is 9.78 Å². The molecule has 0 radical (unpaired) electrons. The summed E-state index contributed by atoms with van der Waals surface area (Å²) in [5.74, 6) is -0.295. The summed E-state index contributed by atoms with van der Waals surface area (Å²) in [6.07, 6.45) is 4.31. The van der Waals surface area contributed by atoms with Crippen molar-refractivity contribution >= 4 is 0 Å². The van der Waals surface area contributed by atoms with Crippen LogP contribution in [0.3, 0.4) is 0 Å². The third-order valence-corrected chi connectivity index (χ3v) is 3.70. The highest BCUT2D eigenvalue weighted by molar-refractivity contribution is 5.29. The maximum atomic E-state index is 13.1. The van der Waals surface area contributed by atoms with Crippen molar-refractivity contribution in [1.29, 1.82) is 0 Å². The van der Waals surface area contributed by atoms with Gasteiger partial charge in [0.05, 0.1) is 12.8 Å². The van der Waals surface area contributed by atoms with Gasteiger partial charge in [-0.25, -0.2) is 4.39 Å². The number of aryl methyl sites for hydroxylation is 1. The number of halogens is 1. The minimum Gasteiger partial charge on any atom is -0.395 e. The van der Waals surface area contributed by atoms with Gasteiger partial charge in [0.15, 0.2) is 0 Å². The Kier molecular flexibility index (Phi) is 4.52. The van der Waals surface area contributed by atoms with Crippen LogP contribution < -0.4 is 5.73 Å². The van der Waals surface area contributed by atoms with Crippen LogP contribution in [0.2, 0.25) is 0 Å². The third kappa shape index (κ3) is 2.89. The van der Waals surface area contributed by atoms with Gasteiger partial charge >= 0.3 is 0 Å². The van der Waals surface area contributed by atoms with Crippen LogP contribution in [0.25, 0.3) is 0 Å². The van der Waals surface area contributed by atoms with Gasteiger partial charge in [0.1, 0.15) is 5.82 Å². The summed E-state index contributed by atoms with van der Waals surface area (Å²) in [5, 5.41) is 14.1. The Morgan fingerprint density at radius 1 is 1.35 bits per heavy atom. The molecule has 1 heterocycles. The lowest BCUT2D eigenvalue weighted by Crippen LogP contribution is -2.41. The van der Waals surface area contributed by atoms with Gasteiger partial charge in [-0.2, -0.15) is 5.10 Å². The molecule has 0 saturated carbocycles. The molecule has 0 aliphatic carbocycles. The number of aromatic nitrogens is 2. The van der Waals surface area contributed by atoms with Crippen LogP contribution >= 0.6 is 0 Å². The summed E-state index contributed by atoms with van der Waals surface area (Å²) >= 11 is 0. The number of rotatable bonds is 6. The SMILES string of the molecule is CCn1cc(CC(CN)(CO)c2ccc(F)cc2)cn1. The van der Waals surface area contributed by atoms with Gasteiger partial charge in [-0.3, -0.25) is 4.68 Å². The van der Waals surface area contributed by atoms with Gasteiger partial charge in [-0.1, -0.05) is 12.1 Å². The highest BCUT2D eigenvalue weighted by Gasteiger charge is 2.31. The molecule has 0 amide bonds. The van der Waals surface area contributed by atoms with E-state index in [1.165, 1.54) is 12.1 Å². The largest absolute Gasteiger partial charge is 0.395 e. The minimum absolute atomic E-state index is 0.0908. The molecule has 1 atom stereocenters. The molecule has 5 heteroatoms. The zero-order chi connectivity index (χ0) is 14.6. The van der Waals surface area contributed by atoms with Crippen LogP contribution in [0, 0.1) is 5.82 Å². The summed E-state index contributed by atoms with van der Waals surface area (Å²) in [5.41, 5.74) is 7.14. The maximum Gasteiger partial charge on any atom is 0.123 e. The van der Waals surface area contributed by atoms with Crippen molar-refractivity contribution in [3.63, 3.8) is 0 Å². The molecule has 1 aromatic carbocycles. The van der Waals surface area contributed by atoms with Crippen molar-refractivity contribution < 1.29 is 9.50 Å². The van der Waals surface area contributed by atoms with Crippen LogP contribution in [0.1, 0.15) is 18.1 Å². The van der Waals surface area contributed by atoms with Crippen molar-refractivity contribution in [2.24, 2.45) is 5.73 Å². The van der Waals surface area contributed by atoms with Gasteiger partial charge in [0, 0.05) is 24.7 Å². The molecule has 0 aliphatic heterocycles. The van der Waals surface area contributed by atoms with E-state index in [-0.39, 0.29) is 19.0 Å². The number of benzene rings is 1. The molecule has 4 nitrogen and oxygen atoms in total. The van der Waals surface area contributed by atoms with Crippen LogP contribution in [-0.2, 0) is 18.4 Å². The Morgan fingerprint density at radius 3 is 2.55 bits per heavy atom. The predicted molar refractivity (Wildman–Crippen MR) is 75.8 cm³/mol. The second kappa shape index (κ2) is 6.15. The van der Waals surface area contributed by atoms with Gasteiger partial charge in [0.2, 0.25) is 0 Å². The van der Waals surface area contributed by atoms with Crippen LogP contribution in [0.5, 0.6) is 0 Å². The van der Waals surface area contributed by atoms with E-state index in [1.54, 1.807) is 18.3 Å². The quantitative estimate of drug-likeness (QED) is 0.840. The maximum absolute atomic E-state index is 13.1. The van der Waals surface area contributed by atoms with Crippen LogP contribution in [0.4, 0.5) is 4.39 Å². The molecule has 3 N–H and O–H groups in total. The molecule has 0 spiro atoms. The average Bonchev–Trinajstić information content (AvgIpc) is 2.93. The molecule has 1 aromatic heterocycles. The average molecular weight is 277 g/mol. The van der Waals surface area contributed by atoms with E-state index in [9.17, 15) is 9.50 Å². The van der Waals surface area contributed by atoms with Crippen molar-refractivity contribution in [2.45, 2.75) is 25.3 Å². The molecule has 0 saturated heterocycles. The van der Waals surface area contributed by atoms with E-state index in [0.717, 1.165) is 17.7 Å². The molecule has 2 aromatic rings. The summed E-state index contributed by atoms with van der Waals surface area (Å²) in [6, 6.07) is 6.15. The summed E-state index contributed by atoms with van der Waals surface area (Å²) in [6.45, 7) is 3.00. The van der Waals surface area contributed by atoms with Gasteiger partial charge in [-0.05, 0) is 36.6 Å². The van der Waals surface area contributed by atoms with E-state index in [4.69, 9.17) is 5.73 Å². The normalized spacial score (nSPS) is 14.2. The molecule has 1 unspecified atom stereocenters. The van der Waals surface area contributed by atoms with Gasteiger partial charge in [0.25, 0.3) is 0 Å². The Balaban J connectivity index is 2.31. The molecule has 108 valence electrons.